The number of nitrogens with zero attached hydrogens (tertiary/aromatic N) is 1. The molecule has 92 valence electrons. The number of hydrogen-bond donors (Lipinski definition) is 1. The van der Waals surface area contributed by atoms with Gasteiger partial charge in [-0.15, -0.1) is 0 Å². The van der Waals surface area contributed by atoms with Gasteiger partial charge in [0.05, 0.1) is 0 Å². The van der Waals surface area contributed by atoms with Gasteiger partial charge in [-0.3, -0.25) is 0 Å². The Balaban J connectivity index is 1.91. The molecule has 4 heteroatoms. The third-order valence-corrected chi connectivity index (χ3v) is 3.33. The first kappa shape index (κ1) is 11.7. The van der Waals surface area contributed by atoms with Crippen molar-refractivity contribution in [3.05, 3.63) is 0 Å². The number of carbonyl (C=O) groups excluding carboxylic acids is 1. The normalized spacial score (nSPS) is 30.1. The topological polar surface area (TPSA) is 41.6 Å². The number of carbonyl (C=O) groups is 1. The summed E-state index contributed by atoms with van der Waals surface area (Å²) in [6.07, 6.45) is 3.28. The van der Waals surface area contributed by atoms with Crippen LogP contribution in [0.2, 0.25) is 0 Å². The Morgan fingerprint density at radius 2 is 2.06 bits per heavy atom. The molecule has 1 N–H and O–H groups in total. The average molecular weight is 226 g/mol. The van der Waals surface area contributed by atoms with Crippen LogP contribution in [0.1, 0.15) is 40.0 Å². The van der Waals surface area contributed by atoms with E-state index in [-0.39, 0.29) is 11.6 Å². The second kappa shape index (κ2) is 3.91. The van der Waals surface area contributed by atoms with Crippen LogP contribution in [-0.2, 0) is 4.74 Å². The Bertz CT molecular complexity index is 279. The van der Waals surface area contributed by atoms with E-state index < -0.39 is 5.60 Å². The lowest BCUT2D eigenvalue weighted by atomic mass is 9.80. The fourth-order valence-electron chi connectivity index (χ4n) is 2.44. The third kappa shape index (κ3) is 2.48. The van der Waals surface area contributed by atoms with Gasteiger partial charge in [-0.05, 0) is 46.6 Å². The summed E-state index contributed by atoms with van der Waals surface area (Å²) in [5, 5.41) is 3.46. The molecule has 0 aliphatic carbocycles. The molecule has 2 heterocycles. The number of rotatable bonds is 0. The maximum atomic E-state index is 11.9. The highest BCUT2D eigenvalue weighted by atomic mass is 16.6. The summed E-state index contributed by atoms with van der Waals surface area (Å²) in [7, 11) is 0. The minimum atomic E-state index is -0.394. The fraction of sp³-hybridized carbons (Fsp3) is 0.917. The molecule has 0 unspecified atom stereocenters. The number of likely N-dealkylation sites (tertiary alicyclic amines) is 1. The first-order chi connectivity index (χ1) is 7.40. The van der Waals surface area contributed by atoms with Crippen LogP contribution in [0, 0.1) is 0 Å². The minimum absolute atomic E-state index is 0.166. The van der Waals surface area contributed by atoms with Gasteiger partial charge in [0.1, 0.15) is 5.60 Å². The lowest BCUT2D eigenvalue weighted by Crippen LogP contribution is -2.65. The van der Waals surface area contributed by atoms with Gasteiger partial charge < -0.3 is 15.0 Å². The molecule has 2 aliphatic heterocycles. The van der Waals surface area contributed by atoms with Crippen LogP contribution in [0.25, 0.3) is 0 Å². The molecular formula is C12H22N2O2. The molecule has 2 fully saturated rings. The van der Waals surface area contributed by atoms with Crippen LogP contribution < -0.4 is 5.32 Å². The molecule has 0 bridgehead atoms. The molecule has 0 saturated carbocycles. The van der Waals surface area contributed by atoms with Crippen LogP contribution in [-0.4, -0.2) is 41.8 Å². The highest BCUT2D eigenvalue weighted by Gasteiger charge is 2.42. The van der Waals surface area contributed by atoms with Crippen LogP contribution in [0.5, 0.6) is 0 Å². The monoisotopic (exact) mass is 226 g/mol. The Kier molecular flexibility index (Phi) is 2.86. The lowest BCUT2D eigenvalue weighted by Gasteiger charge is -2.49. The molecule has 0 aromatic rings. The molecule has 2 saturated heterocycles. The standard InChI is InChI=1S/C12H22N2O2/c1-11(2,3)16-10(15)14-8-4-5-12(9-14)6-7-13-12/h13H,4-9H2,1-3H3/t12-/m0/s1. The number of nitrogens with one attached hydrogen (secondary N) is 1. The zero-order chi connectivity index (χ0) is 11.8. The van der Waals surface area contributed by atoms with E-state index >= 15 is 0 Å². The van der Waals surface area contributed by atoms with Gasteiger partial charge in [-0.2, -0.15) is 0 Å². The molecule has 1 amide bonds. The van der Waals surface area contributed by atoms with Crippen molar-refractivity contribution in [1.82, 2.24) is 10.2 Å². The molecule has 1 atom stereocenters. The number of ether oxygens (including phenoxy) is 1. The van der Waals surface area contributed by atoms with Crippen LogP contribution in [0.3, 0.4) is 0 Å². The number of hydrogen-bond acceptors (Lipinski definition) is 3. The second-order valence-corrected chi connectivity index (χ2v) is 5.96. The van der Waals surface area contributed by atoms with E-state index in [1.54, 1.807) is 0 Å². The first-order valence-electron chi connectivity index (χ1n) is 6.13. The molecule has 16 heavy (non-hydrogen) atoms. The van der Waals surface area contributed by atoms with Crippen molar-refractivity contribution in [2.75, 3.05) is 19.6 Å². The zero-order valence-electron chi connectivity index (χ0n) is 10.5. The predicted octanol–water partition coefficient (Wildman–Crippen LogP) is 1.75. The van der Waals surface area contributed by atoms with E-state index in [2.05, 4.69) is 5.32 Å². The molecular weight excluding hydrogens is 204 g/mol. The Labute approximate surface area is 97.3 Å². The van der Waals surface area contributed by atoms with Crippen LogP contribution in [0.4, 0.5) is 4.79 Å². The van der Waals surface area contributed by atoms with E-state index in [4.69, 9.17) is 4.74 Å². The summed E-state index contributed by atoms with van der Waals surface area (Å²) < 4.78 is 5.40. The van der Waals surface area contributed by atoms with E-state index in [1.165, 1.54) is 12.8 Å². The van der Waals surface area contributed by atoms with Gasteiger partial charge in [0.2, 0.25) is 0 Å². The number of amides is 1. The highest BCUT2D eigenvalue weighted by molar-refractivity contribution is 5.68. The largest absolute Gasteiger partial charge is 0.444 e. The molecule has 2 rings (SSSR count). The van der Waals surface area contributed by atoms with Gasteiger partial charge >= 0.3 is 6.09 Å². The van der Waals surface area contributed by atoms with Gasteiger partial charge in [0.15, 0.2) is 0 Å². The van der Waals surface area contributed by atoms with Crippen molar-refractivity contribution < 1.29 is 9.53 Å². The van der Waals surface area contributed by atoms with Crippen molar-refractivity contribution in [3.8, 4) is 0 Å². The van der Waals surface area contributed by atoms with E-state index in [9.17, 15) is 4.79 Å². The van der Waals surface area contributed by atoms with Gasteiger partial charge in [0.25, 0.3) is 0 Å². The maximum absolute atomic E-state index is 11.9. The molecule has 2 aliphatic rings. The lowest BCUT2D eigenvalue weighted by molar-refractivity contribution is 0.00240. The Hall–Kier alpha value is -0.770. The Morgan fingerprint density at radius 1 is 1.38 bits per heavy atom. The Morgan fingerprint density at radius 3 is 2.56 bits per heavy atom. The predicted molar refractivity (Wildman–Crippen MR) is 62.4 cm³/mol. The summed E-state index contributed by atoms with van der Waals surface area (Å²) in [6.45, 7) is 8.45. The average Bonchev–Trinajstić information content (AvgIpc) is 2.13. The highest BCUT2D eigenvalue weighted by Crippen LogP contribution is 2.30. The van der Waals surface area contributed by atoms with Gasteiger partial charge in [-0.1, -0.05) is 0 Å². The van der Waals surface area contributed by atoms with Crippen molar-refractivity contribution in [3.63, 3.8) is 0 Å². The van der Waals surface area contributed by atoms with Gasteiger partial charge in [0, 0.05) is 18.6 Å². The second-order valence-electron chi connectivity index (χ2n) is 5.96. The molecule has 1 spiro atoms. The minimum Gasteiger partial charge on any atom is -0.444 e. The quantitative estimate of drug-likeness (QED) is 0.684. The van der Waals surface area contributed by atoms with E-state index in [1.807, 2.05) is 25.7 Å². The smallest absolute Gasteiger partial charge is 0.410 e. The summed E-state index contributed by atoms with van der Waals surface area (Å²) >= 11 is 0. The first-order valence-corrected chi connectivity index (χ1v) is 6.13. The van der Waals surface area contributed by atoms with E-state index in [0.29, 0.717) is 0 Å². The molecule has 4 nitrogen and oxygen atoms in total. The SMILES string of the molecule is CC(C)(C)OC(=O)N1CCC[C@]2(CCN2)C1. The maximum Gasteiger partial charge on any atom is 0.410 e. The zero-order valence-corrected chi connectivity index (χ0v) is 10.5. The van der Waals surface area contributed by atoms with E-state index in [0.717, 1.165) is 26.1 Å². The van der Waals surface area contributed by atoms with Crippen molar-refractivity contribution in [2.45, 2.75) is 51.2 Å². The van der Waals surface area contributed by atoms with Crippen LogP contribution in [0.15, 0.2) is 0 Å². The molecule has 0 aromatic heterocycles. The summed E-state index contributed by atoms with van der Waals surface area (Å²) in [5.41, 5.74) is -0.191. The summed E-state index contributed by atoms with van der Waals surface area (Å²) in [5.74, 6) is 0. The fourth-order valence-corrected chi connectivity index (χ4v) is 2.44. The van der Waals surface area contributed by atoms with Crippen molar-refractivity contribution in [1.29, 1.82) is 0 Å². The van der Waals surface area contributed by atoms with Gasteiger partial charge in [-0.25, -0.2) is 4.79 Å². The third-order valence-electron chi connectivity index (χ3n) is 3.33. The van der Waals surface area contributed by atoms with Crippen LogP contribution >= 0.6 is 0 Å². The van der Waals surface area contributed by atoms with Crippen molar-refractivity contribution >= 4 is 6.09 Å². The molecule has 0 aromatic carbocycles. The summed E-state index contributed by atoms with van der Waals surface area (Å²) in [6, 6.07) is 0. The van der Waals surface area contributed by atoms with Crippen molar-refractivity contribution in [2.24, 2.45) is 0 Å². The number of piperidine rings is 1. The molecule has 0 radical (unpaired) electrons. The summed E-state index contributed by atoms with van der Waals surface area (Å²) in [4.78, 5) is 13.8.